The summed E-state index contributed by atoms with van der Waals surface area (Å²) >= 11 is 0. The summed E-state index contributed by atoms with van der Waals surface area (Å²) in [6.07, 6.45) is 1.33. The van der Waals surface area contributed by atoms with E-state index in [0.717, 1.165) is 5.92 Å². The van der Waals surface area contributed by atoms with Crippen LogP contribution in [-0.4, -0.2) is 25.0 Å². The van der Waals surface area contributed by atoms with Crippen molar-refractivity contribution in [3.8, 4) is 0 Å². The van der Waals surface area contributed by atoms with Gasteiger partial charge in [0.25, 0.3) is 0 Å². The zero-order chi connectivity index (χ0) is 10.3. The van der Waals surface area contributed by atoms with E-state index in [2.05, 4.69) is 46.6 Å². The average Bonchev–Trinajstić information content (AvgIpc) is 1.74. The minimum atomic E-state index is 0.470. The van der Waals surface area contributed by atoms with Crippen LogP contribution in [0.1, 0.15) is 41.0 Å². The fourth-order valence-electron chi connectivity index (χ4n) is 2.70. The molecule has 13 heavy (non-hydrogen) atoms. The molecule has 1 saturated heterocycles. The summed E-state index contributed by atoms with van der Waals surface area (Å²) in [5, 5.41) is 0. The quantitative estimate of drug-likeness (QED) is 0.636. The summed E-state index contributed by atoms with van der Waals surface area (Å²) < 4.78 is 0. The first-order valence-electron chi connectivity index (χ1n) is 5.39. The third kappa shape index (κ3) is 2.98. The Balaban J connectivity index is 2.47. The zero-order valence-electron chi connectivity index (χ0n) is 10.1. The molecular formula is C12H25N. The summed E-state index contributed by atoms with van der Waals surface area (Å²) in [6, 6.07) is 0. The summed E-state index contributed by atoms with van der Waals surface area (Å²) in [7, 11) is 2.21. The van der Waals surface area contributed by atoms with E-state index in [1.165, 1.54) is 19.5 Å². The van der Waals surface area contributed by atoms with Gasteiger partial charge in [0.2, 0.25) is 0 Å². The molecule has 0 atom stereocenters. The van der Waals surface area contributed by atoms with Crippen LogP contribution in [0.5, 0.6) is 0 Å². The zero-order valence-corrected chi connectivity index (χ0v) is 10.1. The maximum Gasteiger partial charge on any atom is 0.00241 e. The molecular weight excluding hydrogens is 158 g/mol. The summed E-state index contributed by atoms with van der Waals surface area (Å²) in [4.78, 5) is 2.41. The molecule has 1 nitrogen and oxygen atoms in total. The minimum absolute atomic E-state index is 0.470. The topological polar surface area (TPSA) is 3.24 Å². The Labute approximate surface area is 83.5 Å². The minimum Gasteiger partial charge on any atom is -0.306 e. The lowest BCUT2D eigenvalue weighted by molar-refractivity contribution is 0.0102. The Morgan fingerprint density at radius 3 is 1.85 bits per heavy atom. The first-order valence-corrected chi connectivity index (χ1v) is 5.39. The fourth-order valence-corrected chi connectivity index (χ4v) is 2.70. The number of likely N-dealkylation sites (tertiary alicyclic amines) is 1. The van der Waals surface area contributed by atoms with Crippen molar-refractivity contribution in [2.75, 3.05) is 20.1 Å². The van der Waals surface area contributed by atoms with E-state index in [1.807, 2.05) is 0 Å². The second-order valence-corrected chi connectivity index (χ2v) is 6.64. The third-order valence-corrected chi connectivity index (χ3v) is 3.16. The van der Waals surface area contributed by atoms with Gasteiger partial charge in [-0.3, -0.25) is 0 Å². The Morgan fingerprint density at radius 2 is 1.54 bits per heavy atom. The van der Waals surface area contributed by atoms with E-state index in [9.17, 15) is 0 Å². The highest BCUT2D eigenvalue weighted by molar-refractivity contribution is 4.90. The normalized spacial score (nSPS) is 21.7. The number of hydrogen-bond acceptors (Lipinski definition) is 1. The number of nitrogens with zero attached hydrogens (tertiary/aromatic N) is 1. The van der Waals surface area contributed by atoms with Crippen molar-refractivity contribution in [2.24, 2.45) is 16.7 Å². The van der Waals surface area contributed by atoms with Gasteiger partial charge in [-0.05, 0) is 30.2 Å². The molecule has 0 saturated carbocycles. The molecule has 0 amide bonds. The van der Waals surface area contributed by atoms with Crippen LogP contribution in [0.3, 0.4) is 0 Å². The predicted octanol–water partition coefficient (Wildman–Crippen LogP) is 3.01. The van der Waals surface area contributed by atoms with Gasteiger partial charge < -0.3 is 4.90 Å². The van der Waals surface area contributed by atoms with Crippen molar-refractivity contribution < 1.29 is 0 Å². The summed E-state index contributed by atoms with van der Waals surface area (Å²) in [6.45, 7) is 14.5. The van der Waals surface area contributed by atoms with Gasteiger partial charge in [0, 0.05) is 13.1 Å². The summed E-state index contributed by atoms with van der Waals surface area (Å²) in [5.74, 6) is 0.914. The van der Waals surface area contributed by atoms with Gasteiger partial charge in [0.15, 0.2) is 0 Å². The van der Waals surface area contributed by atoms with Crippen molar-refractivity contribution in [2.45, 2.75) is 41.0 Å². The predicted molar refractivity (Wildman–Crippen MR) is 58.8 cm³/mol. The van der Waals surface area contributed by atoms with E-state index < -0.39 is 0 Å². The second kappa shape index (κ2) is 3.27. The molecule has 1 aliphatic heterocycles. The van der Waals surface area contributed by atoms with Crippen LogP contribution >= 0.6 is 0 Å². The maximum absolute atomic E-state index is 2.43. The van der Waals surface area contributed by atoms with E-state index >= 15 is 0 Å². The Bertz CT molecular complexity index is 170. The molecule has 0 aromatic heterocycles. The second-order valence-electron chi connectivity index (χ2n) is 6.64. The lowest BCUT2D eigenvalue weighted by Gasteiger charge is -2.48. The van der Waals surface area contributed by atoms with Crippen LogP contribution in [0.15, 0.2) is 0 Å². The lowest BCUT2D eigenvalue weighted by atomic mass is 9.66. The molecule has 0 aromatic carbocycles. The van der Waals surface area contributed by atoms with Crippen LogP contribution < -0.4 is 0 Å². The highest BCUT2D eigenvalue weighted by Gasteiger charge is 2.39. The molecule has 0 N–H and O–H groups in total. The lowest BCUT2D eigenvalue weighted by Crippen LogP contribution is -2.51. The molecule has 0 spiro atoms. The fraction of sp³-hybridized carbons (Fsp3) is 1.00. The molecule has 1 heterocycles. The van der Waals surface area contributed by atoms with Crippen LogP contribution in [0.4, 0.5) is 0 Å². The highest BCUT2D eigenvalue weighted by atomic mass is 15.2. The van der Waals surface area contributed by atoms with Crippen molar-refractivity contribution >= 4 is 0 Å². The highest BCUT2D eigenvalue weighted by Crippen LogP contribution is 2.42. The SMILES string of the molecule is CN1CC(C(C)(C)CC(C)(C)C)C1. The Hall–Kier alpha value is -0.0400. The molecule has 0 aromatic rings. The van der Waals surface area contributed by atoms with Crippen LogP contribution in [-0.2, 0) is 0 Å². The van der Waals surface area contributed by atoms with Crippen molar-refractivity contribution in [1.29, 1.82) is 0 Å². The molecule has 1 fully saturated rings. The molecule has 78 valence electrons. The van der Waals surface area contributed by atoms with Crippen molar-refractivity contribution in [1.82, 2.24) is 4.90 Å². The molecule has 0 radical (unpaired) electrons. The van der Waals surface area contributed by atoms with Gasteiger partial charge in [0.1, 0.15) is 0 Å². The largest absolute Gasteiger partial charge is 0.306 e. The number of rotatable bonds is 2. The monoisotopic (exact) mass is 183 g/mol. The first-order chi connectivity index (χ1) is 5.71. The van der Waals surface area contributed by atoms with Crippen LogP contribution in [0.2, 0.25) is 0 Å². The molecule has 0 unspecified atom stereocenters. The smallest absolute Gasteiger partial charge is 0.00241 e. The van der Waals surface area contributed by atoms with Gasteiger partial charge in [-0.1, -0.05) is 34.6 Å². The van der Waals surface area contributed by atoms with Crippen molar-refractivity contribution in [3.63, 3.8) is 0 Å². The summed E-state index contributed by atoms with van der Waals surface area (Å²) in [5.41, 5.74) is 0.989. The van der Waals surface area contributed by atoms with Gasteiger partial charge in [0.05, 0.1) is 0 Å². The van der Waals surface area contributed by atoms with Crippen molar-refractivity contribution in [3.05, 3.63) is 0 Å². The van der Waals surface area contributed by atoms with Gasteiger partial charge in [-0.25, -0.2) is 0 Å². The van der Waals surface area contributed by atoms with E-state index in [1.54, 1.807) is 0 Å². The molecule has 1 aliphatic rings. The Morgan fingerprint density at radius 1 is 1.08 bits per heavy atom. The van der Waals surface area contributed by atoms with Gasteiger partial charge >= 0.3 is 0 Å². The first kappa shape index (κ1) is 11.0. The third-order valence-electron chi connectivity index (χ3n) is 3.16. The van der Waals surface area contributed by atoms with Gasteiger partial charge in [-0.2, -0.15) is 0 Å². The molecule has 0 aliphatic carbocycles. The standard InChI is InChI=1S/C12H25N/c1-11(2,3)9-12(4,5)10-7-13(6)8-10/h10H,7-9H2,1-6H3. The Kier molecular flexibility index (Phi) is 2.78. The van der Waals surface area contributed by atoms with Crippen LogP contribution in [0, 0.1) is 16.7 Å². The van der Waals surface area contributed by atoms with E-state index in [-0.39, 0.29) is 0 Å². The number of hydrogen-bond donors (Lipinski definition) is 0. The van der Waals surface area contributed by atoms with Crippen LogP contribution in [0.25, 0.3) is 0 Å². The molecule has 1 heteroatoms. The van der Waals surface area contributed by atoms with E-state index in [0.29, 0.717) is 10.8 Å². The average molecular weight is 183 g/mol. The van der Waals surface area contributed by atoms with Gasteiger partial charge in [-0.15, -0.1) is 0 Å². The van der Waals surface area contributed by atoms with E-state index in [4.69, 9.17) is 0 Å². The molecule has 0 bridgehead atoms. The molecule has 1 rings (SSSR count). The maximum atomic E-state index is 2.43.